The maximum absolute atomic E-state index is 11.6. The summed E-state index contributed by atoms with van der Waals surface area (Å²) >= 11 is 0. The number of rotatable bonds is 4. The van der Waals surface area contributed by atoms with E-state index in [4.69, 9.17) is 4.74 Å². The molecule has 17 heavy (non-hydrogen) atoms. The first kappa shape index (κ1) is 12.0. The number of benzene rings is 1. The molecule has 0 aliphatic heterocycles. The van der Waals surface area contributed by atoms with Crippen molar-refractivity contribution in [3.05, 3.63) is 29.3 Å². The van der Waals surface area contributed by atoms with Crippen LogP contribution in [0.5, 0.6) is 5.75 Å². The van der Waals surface area contributed by atoms with Gasteiger partial charge in [-0.1, -0.05) is 19.4 Å². The summed E-state index contributed by atoms with van der Waals surface area (Å²) in [6.07, 6.45) is 3.97. The molecule has 0 saturated heterocycles. The van der Waals surface area contributed by atoms with E-state index in [1.807, 2.05) is 6.07 Å². The summed E-state index contributed by atoms with van der Waals surface area (Å²) < 4.78 is 5.46. The van der Waals surface area contributed by atoms with Gasteiger partial charge in [-0.3, -0.25) is 4.79 Å². The van der Waals surface area contributed by atoms with E-state index < -0.39 is 0 Å². The fourth-order valence-corrected chi connectivity index (χ4v) is 2.23. The summed E-state index contributed by atoms with van der Waals surface area (Å²) in [5, 5.41) is 9.37. The largest absolute Gasteiger partial charge is 0.508 e. The van der Waals surface area contributed by atoms with Gasteiger partial charge in [0.15, 0.2) is 0 Å². The molecule has 1 N–H and O–H groups in total. The Bertz CT molecular complexity index is 412. The molecule has 0 amide bonds. The van der Waals surface area contributed by atoms with Gasteiger partial charge in [-0.15, -0.1) is 0 Å². The molecule has 1 aliphatic carbocycles. The minimum Gasteiger partial charge on any atom is -0.508 e. The van der Waals surface area contributed by atoms with Crippen LogP contribution in [0.15, 0.2) is 18.2 Å². The number of ether oxygens (including phenoxy) is 1. The second kappa shape index (κ2) is 5.21. The molecule has 0 bridgehead atoms. The maximum Gasteiger partial charge on any atom is 0.306 e. The zero-order valence-corrected chi connectivity index (χ0v) is 10.1. The van der Waals surface area contributed by atoms with Crippen molar-refractivity contribution in [3.63, 3.8) is 0 Å². The Kier molecular flexibility index (Phi) is 3.67. The number of unbranched alkanes of at least 4 members (excludes halogenated alkanes) is 1. The number of carbonyl (C=O) groups excluding carboxylic acids is 1. The van der Waals surface area contributed by atoms with Crippen LogP contribution in [0.1, 0.15) is 49.8 Å². The van der Waals surface area contributed by atoms with Gasteiger partial charge in [-0.25, -0.2) is 0 Å². The van der Waals surface area contributed by atoms with Crippen molar-refractivity contribution in [1.82, 2.24) is 0 Å². The Balaban J connectivity index is 2.00. The summed E-state index contributed by atoms with van der Waals surface area (Å²) in [7, 11) is 0. The number of aromatic hydroxyl groups is 1. The summed E-state index contributed by atoms with van der Waals surface area (Å²) in [4.78, 5) is 11.6. The number of phenolic OH excluding ortho intramolecular Hbond substituents is 1. The zero-order valence-electron chi connectivity index (χ0n) is 10.1. The van der Waals surface area contributed by atoms with Crippen LogP contribution in [0.3, 0.4) is 0 Å². The Hall–Kier alpha value is -1.51. The van der Waals surface area contributed by atoms with Crippen molar-refractivity contribution in [1.29, 1.82) is 0 Å². The summed E-state index contributed by atoms with van der Waals surface area (Å²) in [5.41, 5.74) is 2.14. The molecule has 1 atom stereocenters. The normalized spacial score (nSPS) is 17.8. The highest BCUT2D eigenvalue weighted by atomic mass is 16.5. The summed E-state index contributed by atoms with van der Waals surface area (Å²) in [5.74, 6) is 0.166. The molecule has 1 unspecified atom stereocenters. The molecule has 0 heterocycles. The Morgan fingerprint density at radius 2 is 2.35 bits per heavy atom. The van der Waals surface area contributed by atoms with Gasteiger partial charge in [-0.2, -0.15) is 0 Å². The number of hydrogen-bond acceptors (Lipinski definition) is 3. The molecule has 1 aromatic rings. The number of fused-ring (bicyclic) bond motifs is 1. The monoisotopic (exact) mass is 234 g/mol. The van der Waals surface area contributed by atoms with Crippen molar-refractivity contribution >= 4 is 5.97 Å². The second-order valence-corrected chi connectivity index (χ2v) is 4.50. The minimum absolute atomic E-state index is 0.113. The SMILES string of the molecule is CCCCC(=O)OC1CCc2cc(O)ccc21. The molecule has 0 radical (unpaired) electrons. The highest BCUT2D eigenvalue weighted by molar-refractivity contribution is 5.69. The lowest BCUT2D eigenvalue weighted by atomic mass is 10.1. The maximum atomic E-state index is 11.6. The summed E-state index contributed by atoms with van der Waals surface area (Å²) in [6.45, 7) is 2.06. The van der Waals surface area contributed by atoms with Crippen LogP contribution in [0.4, 0.5) is 0 Å². The third kappa shape index (κ3) is 2.78. The molecule has 2 rings (SSSR count). The average Bonchev–Trinajstić information content (AvgIpc) is 2.69. The standard InChI is InChI=1S/C14H18O3/c1-2-3-4-14(16)17-13-8-5-10-9-11(15)6-7-12(10)13/h6-7,9,13,15H,2-5,8H2,1H3. The van der Waals surface area contributed by atoms with Gasteiger partial charge in [0.1, 0.15) is 11.9 Å². The van der Waals surface area contributed by atoms with Gasteiger partial charge >= 0.3 is 5.97 Å². The van der Waals surface area contributed by atoms with Crippen LogP contribution in [-0.2, 0) is 16.0 Å². The van der Waals surface area contributed by atoms with Gasteiger partial charge in [0.25, 0.3) is 0 Å². The predicted molar refractivity (Wildman–Crippen MR) is 64.8 cm³/mol. The van der Waals surface area contributed by atoms with E-state index >= 15 is 0 Å². The molecule has 1 aliphatic rings. The lowest BCUT2D eigenvalue weighted by molar-refractivity contribution is -0.149. The molecular weight excluding hydrogens is 216 g/mol. The van der Waals surface area contributed by atoms with Gasteiger partial charge in [0.05, 0.1) is 0 Å². The van der Waals surface area contributed by atoms with Crippen LogP contribution in [-0.4, -0.2) is 11.1 Å². The van der Waals surface area contributed by atoms with Crippen molar-refractivity contribution in [3.8, 4) is 5.75 Å². The van der Waals surface area contributed by atoms with E-state index in [2.05, 4.69) is 6.92 Å². The molecule has 0 saturated carbocycles. The minimum atomic E-state index is -0.116. The molecular formula is C14H18O3. The van der Waals surface area contributed by atoms with E-state index in [9.17, 15) is 9.90 Å². The molecule has 92 valence electrons. The molecule has 3 heteroatoms. The zero-order chi connectivity index (χ0) is 12.3. The van der Waals surface area contributed by atoms with Crippen LogP contribution in [0.2, 0.25) is 0 Å². The highest BCUT2D eigenvalue weighted by Crippen LogP contribution is 2.35. The Morgan fingerprint density at radius 3 is 3.12 bits per heavy atom. The molecule has 0 fully saturated rings. The number of carbonyl (C=O) groups is 1. The number of phenols is 1. The van der Waals surface area contributed by atoms with Crippen LogP contribution < -0.4 is 0 Å². The molecule has 0 aromatic heterocycles. The van der Waals surface area contributed by atoms with Gasteiger partial charge in [0.2, 0.25) is 0 Å². The van der Waals surface area contributed by atoms with Crippen molar-refractivity contribution in [2.45, 2.75) is 45.1 Å². The highest BCUT2D eigenvalue weighted by Gasteiger charge is 2.25. The first-order valence-electron chi connectivity index (χ1n) is 6.22. The smallest absolute Gasteiger partial charge is 0.306 e. The lowest BCUT2D eigenvalue weighted by Crippen LogP contribution is -2.08. The van der Waals surface area contributed by atoms with E-state index in [1.165, 1.54) is 0 Å². The number of hydrogen-bond donors (Lipinski definition) is 1. The van der Waals surface area contributed by atoms with E-state index in [0.29, 0.717) is 6.42 Å². The van der Waals surface area contributed by atoms with E-state index in [-0.39, 0.29) is 17.8 Å². The average molecular weight is 234 g/mol. The topological polar surface area (TPSA) is 46.5 Å². The lowest BCUT2D eigenvalue weighted by Gasteiger charge is -2.13. The third-order valence-electron chi connectivity index (χ3n) is 3.16. The molecule has 3 nitrogen and oxygen atoms in total. The Morgan fingerprint density at radius 1 is 1.53 bits per heavy atom. The molecule has 0 spiro atoms. The fourth-order valence-electron chi connectivity index (χ4n) is 2.23. The van der Waals surface area contributed by atoms with Crippen molar-refractivity contribution in [2.24, 2.45) is 0 Å². The predicted octanol–water partition coefficient (Wildman–Crippen LogP) is 3.11. The van der Waals surface area contributed by atoms with Crippen LogP contribution in [0, 0.1) is 0 Å². The Labute approximate surface area is 101 Å². The van der Waals surface area contributed by atoms with Gasteiger partial charge < -0.3 is 9.84 Å². The van der Waals surface area contributed by atoms with E-state index in [1.54, 1.807) is 12.1 Å². The van der Waals surface area contributed by atoms with Gasteiger partial charge in [-0.05, 0) is 42.5 Å². The van der Waals surface area contributed by atoms with Gasteiger partial charge in [0, 0.05) is 6.42 Å². The van der Waals surface area contributed by atoms with Crippen molar-refractivity contribution in [2.75, 3.05) is 0 Å². The third-order valence-corrected chi connectivity index (χ3v) is 3.16. The first-order valence-corrected chi connectivity index (χ1v) is 6.22. The first-order chi connectivity index (χ1) is 8.20. The number of aryl methyl sites for hydroxylation is 1. The van der Waals surface area contributed by atoms with E-state index in [0.717, 1.165) is 36.8 Å². The quantitative estimate of drug-likeness (QED) is 0.814. The fraction of sp³-hybridized carbons (Fsp3) is 0.500. The van der Waals surface area contributed by atoms with Crippen molar-refractivity contribution < 1.29 is 14.6 Å². The molecule has 1 aromatic carbocycles. The number of esters is 1. The van der Waals surface area contributed by atoms with Crippen LogP contribution >= 0.6 is 0 Å². The second-order valence-electron chi connectivity index (χ2n) is 4.50. The van der Waals surface area contributed by atoms with Crippen LogP contribution in [0.25, 0.3) is 0 Å². The summed E-state index contributed by atoms with van der Waals surface area (Å²) in [6, 6.07) is 5.27.